The number of Topliss-reactive ketones (excluding diaryl/α,β-unsaturated/α-hetero) is 3. The SMILES string of the molecule is C.C.C=C.C=C.C=C.CC#CC.CC(=O)N(C)C.CC(=O)c1ccc(C(C)=O)cc1.CC(C)(C)C.CC(C)=C(C)C.CC(C)=O.CC1C(C)C(C)C(C)C1C.CC1C(C)C(C)C1C.CC1C(C)C1C.CC1CCC(C)CC1.CN(C)C.CN=C(C)C.CN=[Si](C)C.COC.COc1cc(C)cc(OC)c1.CS(C)(=O)=O.C[N+](C)(C)C.Cc1ccc(C)cc1.[CH3-]. The Morgan fingerprint density at radius 1 is 0.452 bits per heavy atom. The van der Waals surface area contributed by atoms with E-state index >= 15 is 0 Å². The summed E-state index contributed by atoms with van der Waals surface area (Å²) in [5.41, 5.74) is 9.56. The van der Waals surface area contributed by atoms with E-state index < -0.39 is 9.84 Å². The molecule has 1 amide bonds. The maximum atomic E-state index is 10.8. The van der Waals surface area contributed by atoms with Crippen LogP contribution in [-0.4, -0.2) is 179 Å². The number of hydrogen-bond donors (Lipinski definition) is 0. The van der Waals surface area contributed by atoms with Gasteiger partial charge in [0.05, 0.1) is 42.4 Å². The molecule has 4 saturated carbocycles. The number of amides is 1. The zero-order chi connectivity index (χ0) is 100.0. The molecule has 4 aliphatic carbocycles. The largest absolute Gasteiger partial charge is 0.497 e. The number of quaternary nitrogens is 1. The van der Waals surface area contributed by atoms with Gasteiger partial charge in [0.25, 0.3) is 0 Å². The second kappa shape index (κ2) is 97.4. The first-order valence-corrected chi connectivity index (χ1v) is 47.9. The fraction of sp³-hybridized carbons (Fsp3) is 0.685. The average molecular weight is 1790 g/mol. The zero-order valence-electron chi connectivity index (χ0n) is 90.8. The van der Waals surface area contributed by atoms with Crippen LogP contribution in [0.25, 0.3) is 0 Å². The molecule has 0 aliphatic heterocycles. The number of carbonyl (C=O) groups is 4. The van der Waals surface area contributed by atoms with Gasteiger partial charge in [-0.2, -0.15) is 0 Å². The normalized spacial score (nSPS) is 19.3. The van der Waals surface area contributed by atoms with E-state index in [0.29, 0.717) is 16.5 Å². The van der Waals surface area contributed by atoms with E-state index in [1.807, 2.05) is 85.9 Å². The third-order valence-electron chi connectivity index (χ3n) is 19.3. The summed E-state index contributed by atoms with van der Waals surface area (Å²) in [7, 11) is 25.2. The monoisotopic (exact) mass is 1790 g/mol. The van der Waals surface area contributed by atoms with Crippen LogP contribution in [0.3, 0.4) is 0 Å². The molecule has 3 aromatic rings. The number of carbonyl (C=O) groups excluding carboxylic acids is 4. The molecule has 0 saturated heterocycles. The van der Waals surface area contributed by atoms with E-state index in [4.69, 9.17) is 9.47 Å². The van der Waals surface area contributed by atoms with Crippen molar-refractivity contribution in [3.63, 3.8) is 0 Å². The Kier molecular flexibility index (Phi) is 124. The standard InChI is InChI=1S/C10H10O2.C10H20.C9H12O2.C8H16.C8H10.C8H16.2C6H12.C5H12.C4H9NO.C4H12N.C4H9N.C4H6.C3H9NSi.C3H9N.C3H6O.C2H6O2S.C2H6O.3C2H4.2CH4.CH3/c1-7(11)9-3-5-10(6-4-9)8(2)12;1-6-7(2)9(4)10(5)8(6)3;1-7-4-8(10-2)6-9(5-7)11-3;2*1-7-3-5-8(2)6-4-7;1-5-6(2)8(4)7(5)3;1-4-5(2)6(4)3;1-5(2)6(3)4;1-5(2,3)4;1-4(6)5(2)3;1-5(2,3)4;1-4(2)5-3;1-3-4-2;1-4-5(2)3;1-4(2)3;1-3(2)4;1-5(2,3)4;1-3-2;3*1-2;;;/h3-6H,1-2H3;6-10H,1-5H3;4-6H,1-3H3;7-8H,3-6H2,1-2H3;3-6H,1-2H3;5-8H,1-4H3;4-6H,1-3H3;1-4H3;1-4H3;1-3H3;1-4H3;1-3H3;1-2H3;1-3H3;1-3H3;1-2H3;1-2H3;1-2H3;3*1-2H2;2*1H4;1H3/q;;;;;;;;;;+1;;;;;;;;;;;;;-1. The number of rotatable bonds is 4. The first-order chi connectivity index (χ1) is 55.0. The van der Waals surface area contributed by atoms with Crippen molar-refractivity contribution in [2.24, 2.45) is 97.9 Å². The number of allylic oxidation sites excluding steroid dienone is 2. The summed E-state index contributed by atoms with van der Waals surface area (Å²) < 4.78 is 38.6. The van der Waals surface area contributed by atoms with Crippen molar-refractivity contribution in [2.75, 3.05) is 118 Å². The molecule has 7 rings (SSSR count). The molecule has 0 aromatic heterocycles. The number of methoxy groups -OCH3 is 3. The predicted molar refractivity (Wildman–Crippen MR) is 570 cm³/mol. The highest BCUT2D eigenvalue weighted by Crippen LogP contribution is 2.46. The smallest absolute Gasteiger partial charge is 0.218 e. The van der Waals surface area contributed by atoms with Crippen LogP contribution in [0, 0.1) is 128 Å². The van der Waals surface area contributed by atoms with Crippen LogP contribution in [0.1, 0.15) is 293 Å². The van der Waals surface area contributed by atoms with E-state index in [2.05, 4.69) is 297 Å². The van der Waals surface area contributed by atoms with E-state index in [1.54, 1.807) is 73.8 Å². The summed E-state index contributed by atoms with van der Waals surface area (Å²) in [4.78, 5) is 48.5. The first kappa shape index (κ1) is 158. The van der Waals surface area contributed by atoms with Crippen LogP contribution in [0.15, 0.2) is 127 Å². The number of benzene rings is 3. The number of aryl methyl sites for hydroxylation is 3. The average Bonchev–Trinajstić information content (AvgIpc) is 1.11. The Balaban J connectivity index is -0.0000000655. The van der Waals surface area contributed by atoms with Gasteiger partial charge in [-0.3, -0.25) is 19.4 Å². The predicted octanol–water partition coefficient (Wildman–Crippen LogP) is 29.8. The Morgan fingerprint density at radius 3 is 0.685 bits per heavy atom. The summed E-state index contributed by atoms with van der Waals surface area (Å²) in [5, 5.41) is 0. The lowest BCUT2D eigenvalue weighted by Gasteiger charge is -2.45. The first-order valence-electron chi connectivity index (χ1n) is 43.2. The second-order valence-corrected chi connectivity index (χ2v) is 41.3. The molecule has 4 aliphatic rings. The molecule has 0 N–H and O–H groups in total. The molecule has 0 unspecified atom stereocenters. The quantitative estimate of drug-likeness (QED) is 0.0468. The summed E-state index contributed by atoms with van der Waals surface area (Å²) in [6, 6.07) is 20.9. The molecule has 4 fully saturated rings. The van der Waals surface area contributed by atoms with Crippen molar-refractivity contribution < 1.29 is 46.3 Å². The van der Waals surface area contributed by atoms with E-state index in [1.165, 1.54) is 87.5 Å². The number of hydrogen-bond acceptors (Lipinski definition) is 12. The van der Waals surface area contributed by atoms with Crippen LogP contribution in [0.2, 0.25) is 13.1 Å². The number of ether oxygens (including phenoxy) is 3. The van der Waals surface area contributed by atoms with Crippen LogP contribution >= 0.6 is 0 Å². The highest BCUT2D eigenvalue weighted by molar-refractivity contribution is 7.89. The summed E-state index contributed by atoms with van der Waals surface area (Å²) in [6.45, 7) is 94.0. The minimum atomic E-state index is -2.67. The van der Waals surface area contributed by atoms with Crippen molar-refractivity contribution in [1.29, 1.82) is 0 Å². The van der Waals surface area contributed by atoms with Gasteiger partial charge in [0.1, 0.15) is 35.7 Å². The molecule has 0 atom stereocenters. The van der Waals surface area contributed by atoms with Gasteiger partial charge in [-0.1, -0.05) is 236 Å². The van der Waals surface area contributed by atoms with Crippen molar-refractivity contribution in [2.45, 2.75) is 289 Å². The van der Waals surface area contributed by atoms with Gasteiger partial charge in [0.15, 0.2) is 11.6 Å². The van der Waals surface area contributed by atoms with E-state index in [-0.39, 0.29) is 54.1 Å². The van der Waals surface area contributed by atoms with Crippen LogP contribution < -0.4 is 9.47 Å². The van der Waals surface area contributed by atoms with Gasteiger partial charge in [0.2, 0.25) is 5.91 Å². The fourth-order valence-electron chi connectivity index (χ4n) is 9.03. The fourth-order valence-corrected chi connectivity index (χ4v) is 9.03. The second-order valence-electron chi connectivity index (χ2n) is 36.6. The molecular formula is C108H215N5O9SSi. The number of sulfone groups is 1. The Labute approximate surface area is 780 Å². The Hall–Kier alpha value is -6.22. The highest BCUT2D eigenvalue weighted by atomic mass is 32.2. The lowest BCUT2D eigenvalue weighted by atomic mass is 9.60. The summed E-state index contributed by atoms with van der Waals surface area (Å²) in [5.74, 6) is 21.0. The van der Waals surface area contributed by atoms with E-state index in [0.717, 1.165) is 123 Å². The topological polar surface area (TPSA) is 161 Å². The van der Waals surface area contributed by atoms with Crippen LogP contribution in [0.5, 0.6) is 11.5 Å². The molecule has 0 radical (unpaired) electrons. The van der Waals surface area contributed by atoms with Crippen molar-refractivity contribution in [1.82, 2.24) is 9.80 Å². The molecule has 0 spiro atoms. The molecule has 16 heteroatoms. The van der Waals surface area contributed by atoms with Crippen molar-refractivity contribution >= 4 is 47.4 Å². The van der Waals surface area contributed by atoms with Crippen molar-refractivity contribution in [3.8, 4) is 23.3 Å². The number of ketones is 3. The van der Waals surface area contributed by atoms with E-state index in [9.17, 15) is 27.6 Å². The lowest BCUT2D eigenvalue weighted by Crippen LogP contribution is -2.39. The maximum absolute atomic E-state index is 10.8. The lowest BCUT2D eigenvalue weighted by molar-refractivity contribution is -0.849. The molecule has 0 heterocycles. The molecule has 0 bridgehead atoms. The number of nitrogens with zero attached hydrogens (tertiary/aromatic N) is 5. The molecule has 124 heavy (non-hydrogen) atoms. The third-order valence-corrected chi connectivity index (χ3v) is 20.2. The summed E-state index contributed by atoms with van der Waals surface area (Å²) in [6.07, 6.45) is 8.21. The van der Waals surface area contributed by atoms with Gasteiger partial charge in [-0.05, 0) is 244 Å². The van der Waals surface area contributed by atoms with Crippen molar-refractivity contribution in [3.05, 3.63) is 153 Å². The highest BCUT2D eigenvalue weighted by Gasteiger charge is 2.39. The third kappa shape index (κ3) is 134. The maximum Gasteiger partial charge on any atom is 0.218 e. The molecule has 3 aromatic carbocycles. The van der Waals surface area contributed by atoms with Gasteiger partial charge in [0, 0.05) is 84.8 Å². The molecule has 736 valence electrons. The number of aliphatic imine (C=N–C) groups is 1. The van der Waals surface area contributed by atoms with Gasteiger partial charge >= 0.3 is 0 Å². The van der Waals surface area contributed by atoms with Gasteiger partial charge in [-0.15, -0.1) is 51.3 Å². The molecular weight excluding hydrogens is 1570 g/mol. The van der Waals surface area contributed by atoms with Crippen LogP contribution in [0.4, 0.5) is 0 Å². The van der Waals surface area contributed by atoms with Crippen LogP contribution in [-0.2, 0) is 24.2 Å². The zero-order valence-corrected chi connectivity index (χ0v) is 92.6. The molecule has 14 nitrogen and oxygen atoms in total. The van der Waals surface area contributed by atoms with Gasteiger partial charge in [-0.25, -0.2) is 8.42 Å². The summed E-state index contributed by atoms with van der Waals surface area (Å²) >= 11 is 0. The Morgan fingerprint density at radius 2 is 0.597 bits per heavy atom. The Bertz CT molecular complexity index is 2930. The minimum Gasteiger partial charge on any atom is -0.497 e. The minimum absolute atomic E-state index is 0. The van der Waals surface area contributed by atoms with Gasteiger partial charge < -0.3 is 45.3 Å².